The van der Waals surface area contributed by atoms with E-state index < -0.39 is 10.0 Å². The monoisotopic (exact) mass is 434 g/mol. The first-order chi connectivity index (χ1) is 14.1. The average Bonchev–Trinajstić information content (AvgIpc) is 2.65. The predicted molar refractivity (Wildman–Crippen MR) is 116 cm³/mol. The smallest absolute Gasteiger partial charge is 0.251 e. The van der Waals surface area contributed by atoms with E-state index in [1.165, 1.54) is 51.7 Å². The molecule has 6 nitrogen and oxygen atoms in total. The van der Waals surface area contributed by atoms with Gasteiger partial charge in [-0.1, -0.05) is 0 Å². The molecule has 30 heavy (non-hydrogen) atoms. The molecule has 0 aromatic heterocycles. The molecule has 7 heteroatoms. The molecule has 1 amide bonds. The molecule has 2 N–H and O–H groups in total. The van der Waals surface area contributed by atoms with Gasteiger partial charge in [0.25, 0.3) is 5.91 Å². The Morgan fingerprint density at radius 1 is 1.07 bits per heavy atom. The second-order valence-corrected chi connectivity index (χ2v) is 11.8. The molecule has 0 aliphatic heterocycles. The Kier molecular flexibility index (Phi) is 5.64. The number of methoxy groups -OCH3 is 1. The maximum Gasteiger partial charge on any atom is 0.251 e. The van der Waals surface area contributed by atoms with Crippen LogP contribution in [-0.2, 0) is 10.0 Å². The van der Waals surface area contributed by atoms with Crippen LogP contribution in [0.2, 0.25) is 0 Å². The number of hydrogen-bond donors (Lipinski definition) is 2. The summed E-state index contributed by atoms with van der Waals surface area (Å²) in [6, 6.07) is 4.43. The number of hydrogen-bond acceptors (Lipinski definition) is 4. The van der Waals surface area contributed by atoms with E-state index in [4.69, 9.17) is 4.74 Å². The van der Waals surface area contributed by atoms with E-state index >= 15 is 0 Å². The lowest BCUT2D eigenvalue weighted by Gasteiger charge is -2.59. The highest BCUT2D eigenvalue weighted by Gasteiger charge is 2.53. The lowest BCUT2D eigenvalue weighted by atomic mass is 9.48. The minimum Gasteiger partial charge on any atom is -0.495 e. The van der Waals surface area contributed by atoms with E-state index in [0.717, 1.165) is 17.8 Å². The molecule has 0 saturated heterocycles. The van der Waals surface area contributed by atoms with Gasteiger partial charge in [0.1, 0.15) is 10.6 Å². The zero-order valence-electron chi connectivity index (χ0n) is 18.4. The molecule has 0 radical (unpaired) electrons. The minimum atomic E-state index is -3.78. The third-order valence-electron chi connectivity index (χ3n) is 7.46. The highest BCUT2D eigenvalue weighted by molar-refractivity contribution is 7.89. The SMILES string of the molecule is COc1ccc(C(=O)N[C@H](C)C23CC4CC(CC(C4)C2)C3)cc1S(=O)(=O)NC(C)C. The molecule has 166 valence electrons. The van der Waals surface area contributed by atoms with Crippen molar-refractivity contribution in [2.75, 3.05) is 7.11 Å². The highest BCUT2D eigenvalue weighted by atomic mass is 32.2. The largest absolute Gasteiger partial charge is 0.495 e. The molecule has 0 unspecified atom stereocenters. The van der Waals surface area contributed by atoms with Gasteiger partial charge in [-0.3, -0.25) is 4.79 Å². The second kappa shape index (κ2) is 7.83. The minimum absolute atomic E-state index is 0.00573. The van der Waals surface area contributed by atoms with Crippen LogP contribution in [0.4, 0.5) is 0 Å². The maximum absolute atomic E-state index is 13.1. The van der Waals surface area contributed by atoms with E-state index in [1.54, 1.807) is 26.0 Å². The first kappa shape index (κ1) is 21.6. The van der Waals surface area contributed by atoms with Gasteiger partial charge in [-0.2, -0.15) is 0 Å². The van der Waals surface area contributed by atoms with Crippen LogP contribution in [0.15, 0.2) is 23.1 Å². The van der Waals surface area contributed by atoms with Gasteiger partial charge < -0.3 is 10.1 Å². The van der Waals surface area contributed by atoms with E-state index in [-0.39, 0.29) is 34.1 Å². The summed E-state index contributed by atoms with van der Waals surface area (Å²) in [4.78, 5) is 13.1. The standard InChI is InChI=1S/C23H34N2O4S/c1-14(2)25-30(27,28)21-10-19(5-6-20(21)29-4)22(26)24-15(3)23-11-16-7-17(12-23)9-18(8-16)13-23/h5-6,10,14-18,25H,7-9,11-13H2,1-4H3,(H,24,26)/t15-,16?,17?,18?,23?/m1/s1. The van der Waals surface area contributed by atoms with Crippen molar-refractivity contribution in [1.29, 1.82) is 0 Å². The molecule has 4 fully saturated rings. The summed E-state index contributed by atoms with van der Waals surface area (Å²) in [5.74, 6) is 2.46. The number of benzene rings is 1. The molecule has 1 aromatic rings. The maximum atomic E-state index is 13.1. The van der Waals surface area contributed by atoms with Gasteiger partial charge in [-0.15, -0.1) is 0 Å². The van der Waals surface area contributed by atoms with Gasteiger partial charge >= 0.3 is 0 Å². The van der Waals surface area contributed by atoms with Gasteiger partial charge in [0.15, 0.2) is 0 Å². The van der Waals surface area contributed by atoms with E-state index in [1.807, 2.05) is 0 Å². The summed E-state index contributed by atoms with van der Waals surface area (Å²) in [5.41, 5.74) is 0.543. The predicted octanol–water partition coefficient (Wildman–Crippen LogP) is 3.72. The Balaban J connectivity index is 1.54. The fraction of sp³-hybridized carbons (Fsp3) is 0.696. The van der Waals surface area contributed by atoms with Crippen LogP contribution in [0.25, 0.3) is 0 Å². The van der Waals surface area contributed by atoms with Crippen molar-refractivity contribution >= 4 is 15.9 Å². The molecule has 4 aliphatic rings. The normalized spacial score (nSPS) is 31.0. The van der Waals surface area contributed by atoms with Crippen molar-refractivity contribution in [2.45, 2.75) is 76.3 Å². The quantitative estimate of drug-likeness (QED) is 0.685. The topological polar surface area (TPSA) is 84.5 Å². The molecule has 5 rings (SSSR count). The third kappa shape index (κ3) is 3.98. The first-order valence-corrected chi connectivity index (χ1v) is 12.6. The van der Waals surface area contributed by atoms with Crippen LogP contribution in [0.1, 0.15) is 69.7 Å². The van der Waals surface area contributed by atoms with E-state index in [9.17, 15) is 13.2 Å². The Morgan fingerprint density at radius 2 is 1.63 bits per heavy atom. The van der Waals surface area contributed by atoms with Crippen LogP contribution in [0.5, 0.6) is 5.75 Å². The Hall–Kier alpha value is -1.60. The summed E-state index contributed by atoms with van der Waals surface area (Å²) in [5, 5.41) is 3.22. The first-order valence-electron chi connectivity index (χ1n) is 11.1. The number of carbonyl (C=O) groups excluding carboxylic acids is 1. The van der Waals surface area contributed by atoms with Crippen molar-refractivity contribution in [1.82, 2.24) is 10.0 Å². The number of carbonyl (C=O) groups is 1. The van der Waals surface area contributed by atoms with Crippen LogP contribution in [0.3, 0.4) is 0 Å². The van der Waals surface area contributed by atoms with E-state index in [2.05, 4.69) is 17.0 Å². The number of sulfonamides is 1. The molecule has 0 spiro atoms. The Morgan fingerprint density at radius 3 is 2.13 bits per heavy atom. The summed E-state index contributed by atoms with van der Waals surface area (Å²) in [6.07, 6.45) is 7.72. The molecule has 1 aromatic carbocycles. The van der Waals surface area contributed by atoms with Gasteiger partial charge in [-0.05, 0) is 101 Å². The number of amides is 1. The van der Waals surface area contributed by atoms with Crippen molar-refractivity contribution in [2.24, 2.45) is 23.2 Å². The Bertz CT molecular complexity index is 890. The van der Waals surface area contributed by atoms with Gasteiger partial charge in [0.05, 0.1) is 7.11 Å². The van der Waals surface area contributed by atoms with Crippen molar-refractivity contribution in [3.8, 4) is 5.75 Å². The van der Waals surface area contributed by atoms with Crippen LogP contribution in [0, 0.1) is 23.2 Å². The van der Waals surface area contributed by atoms with Crippen LogP contribution >= 0.6 is 0 Å². The molecule has 1 atom stereocenters. The second-order valence-electron chi connectivity index (χ2n) is 10.1. The molecule has 4 saturated carbocycles. The zero-order valence-corrected chi connectivity index (χ0v) is 19.2. The summed E-state index contributed by atoms with van der Waals surface area (Å²) < 4.78 is 33.3. The van der Waals surface area contributed by atoms with Crippen molar-refractivity contribution < 1.29 is 17.9 Å². The highest BCUT2D eigenvalue weighted by Crippen LogP contribution is 2.61. The lowest BCUT2D eigenvalue weighted by molar-refractivity contribution is -0.0688. The fourth-order valence-electron chi connectivity index (χ4n) is 6.54. The van der Waals surface area contributed by atoms with Crippen LogP contribution < -0.4 is 14.8 Å². The molecule has 4 aliphatic carbocycles. The Labute approximate surface area is 180 Å². The van der Waals surface area contributed by atoms with Gasteiger partial charge in [0, 0.05) is 17.6 Å². The van der Waals surface area contributed by atoms with E-state index in [0.29, 0.717) is 5.56 Å². The molecular weight excluding hydrogens is 400 g/mol. The zero-order chi connectivity index (χ0) is 21.7. The average molecular weight is 435 g/mol. The summed E-state index contributed by atoms with van der Waals surface area (Å²) in [7, 11) is -2.35. The van der Waals surface area contributed by atoms with Crippen molar-refractivity contribution in [3.05, 3.63) is 23.8 Å². The van der Waals surface area contributed by atoms with Crippen molar-refractivity contribution in [3.63, 3.8) is 0 Å². The van der Waals surface area contributed by atoms with Gasteiger partial charge in [0.2, 0.25) is 10.0 Å². The number of nitrogens with one attached hydrogen (secondary N) is 2. The van der Waals surface area contributed by atoms with Gasteiger partial charge in [-0.25, -0.2) is 13.1 Å². The summed E-state index contributed by atoms with van der Waals surface area (Å²) >= 11 is 0. The number of ether oxygens (including phenoxy) is 1. The third-order valence-corrected chi connectivity index (χ3v) is 9.14. The lowest BCUT2D eigenvalue weighted by Crippen LogP contribution is -2.55. The summed E-state index contributed by atoms with van der Waals surface area (Å²) in [6.45, 7) is 5.65. The molecular formula is C23H34N2O4S. The number of rotatable bonds is 7. The molecule has 0 heterocycles. The fourth-order valence-corrected chi connectivity index (χ4v) is 7.99. The van der Waals surface area contributed by atoms with Crippen LogP contribution in [-0.4, -0.2) is 33.5 Å². The molecule has 4 bridgehead atoms.